The molecule has 0 radical (unpaired) electrons. The molecule has 1 saturated carbocycles. The first-order chi connectivity index (χ1) is 14.1. The van der Waals surface area contributed by atoms with Crippen molar-refractivity contribution in [1.29, 1.82) is 0 Å². The first-order valence-corrected chi connectivity index (χ1v) is 12.5. The smallest absolute Gasteiger partial charge is 0.191 e. The Morgan fingerprint density at radius 2 is 1.93 bits per heavy atom. The molecule has 1 aliphatic carbocycles. The number of nitrogens with one attached hydrogen (secondary N) is 2. The molecule has 5 nitrogen and oxygen atoms in total. The standard InChI is InChI=1S/C23H41N5S/c1-4-24-22(25-17-20(2)18-28-14-12-27(3)13-15-28)26-19-23(10-6-5-7-11-23)21-9-8-16-29-21/h8-9,16,20H,4-7,10-15,17-19H2,1-3H3,(H2,24,25,26). The molecule has 2 N–H and O–H groups in total. The van der Waals surface area contributed by atoms with Gasteiger partial charge in [-0.1, -0.05) is 32.3 Å². The summed E-state index contributed by atoms with van der Waals surface area (Å²) in [5, 5.41) is 9.32. The fraction of sp³-hybridized carbons (Fsp3) is 0.783. The summed E-state index contributed by atoms with van der Waals surface area (Å²) < 4.78 is 0. The van der Waals surface area contributed by atoms with Crippen LogP contribution in [-0.4, -0.2) is 75.2 Å². The Labute approximate surface area is 182 Å². The number of nitrogens with zero attached hydrogens (tertiary/aromatic N) is 3. The predicted molar refractivity (Wildman–Crippen MR) is 126 cm³/mol. The maximum absolute atomic E-state index is 5.07. The molecule has 1 unspecified atom stereocenters. The summed E-state index contributed by atoms with van der Waals surface area (Å²) in [5.74, 6) is 1.60. The van der Waals surface area contributed by atoms with Gasteiger partial charge in [0.15, 0.2) is 5.96 Å². The molecular formula is C23H41N5S. The highest BCUT2D eigenvalue weighted by atomic mass is 32.1. The van der Waals surface area contributed by atoms with E-state index >= 15 is 0 Å². The van der Waals surface area contributed by atoms with E-state index in [-0.39, 0.29) is 5.41 Å². The molecule has 2 aliphatic rings. The van der Waals surface area contributed by atoms with Crippen molar-refractivity contribution in [2.24, 2.45) is 10.9 Å². The van der Waals surface area contributed by atoms with Crippen LogP contribution in [0.5, 0.6) is 0 Å². The van der Waals surface area contributed by atoms with Crippen molar-refractivity contribution in [3.05, 3.63) is 22.4 Å². The first kappa shape index (κ1) is 22.6. The van der Waals surface area contributed by atoms with Crippen LogP contribution < -0.4 is 10.6 Å². The van der Waals surface area contributed by atoms with Crippen molar-refractivity contribution in [3.63, 3.8) is 0 Å². The summed E-state index contributed by atoms with van der Waals surface area (Å²) in [7, 11) is 2.22. The van der Waals surface area contributed by atoms with Gasteiger partial charge in [-0.15, -0.1) is 11.3 Å². The molecule has 0 aromatic carbocycles. The van der Waals surface area contributed by atoms with Crippen molar-refractivity contribution in [3.8, 4) is 0 Å². The summed E-state index contributed by atoms with van der Waals surface area (Å²) in [4.78, 5) is 11.6. The zero-order valence-electron chi connectivity index (χ0n) is 18.8. The van der Waals surface area contributed by atoms with Crippen molar-refractivity contribution in [2.75, 3.05) is 59.4 Å². The molecule has 3 rings (SSSR count). The van der Waals surface area contributed by atoms with Crippen LogP contribution in [0.2, 0.25) is 0 Å². The predicted octanol–water partition coefficient (Wildman–Crippen LogP) is 3.39. The Kier molecular flexibility index (Phi) is 8.82. The van der Waals surface area contributed by atoms with Gasteiger partial charge < -0.3 is 20.4 Å². The van der Waals surface area contributed by atoms with Gasteiger partial charge >= 0.3 is 0 Å². The topological polar surface area (TPSA) is 42.9 Å². The third kappa shape index (κ3) is 6.69. The minimum atomic E-state index is 0.250. The molecule has 1 aromatic rings. The SMILES string of the molecule is CCNC(=NCC1(c2cccs2)CCCCC1)NCC(C)CN1CCN(C)CC1. The number of piperazine rings is 1. The average molecular weight is 420 g/mol. The van der Waals surface area contributed by atoms with E-state index in [0.29, 0.717) is 5.92 Å². The van der Waals surface area contributed by atoms with Gasteiger partial charge in [0, 0.05) is 56.1 Å². The Morgan fingerprint density at radius 3 is 2.59 bits per heavy atom. The highest BCUT2D eigenvalue weighted by molar-refractivity contribution is 7.10. The van der Waals surface area contributed by atoms with Crippen molar-refractivity contribution >= 4 is 17.3 Å². The van der Waals surface area contributed by atoms with Gasteiger partial charge in [0.1, 0.15) is 0 Å². The zero-order valence-corrected chi connectivity index (χ0v) is 19.6. The molecule has 1 aromatic heterocycles. The highest BCUT2D eigenvalue weighted by Gasteiger charge is 2.34. The normalized spacial score (nSPS) is 22.4. The van der Waals surface area contributed by atoms with Gasteiger partial charge in [-0.25, -0.2) is 0 Å². The largest absolute Gasteiger partial charge is 0.357 e. The van der Waals surface area contributed by atoms with Gasteiger partial charge in [0.2, 0.25) is 0 Å². The number of hydrogen-bond donors (Lipinski definition) is 2. The van der Waals surface area contributed by atoms with Gasteiger partial charge in [-0.05, 0) is 44.2 Å². The second-order valence-corrected chi connectivity index (χ2v) is 10.1. The fourth-order valence-electron chi connectivity index (χ4n) is 4.67. The quantitative estimate of drug-likeness (QED) is 0.501. The molecule has 1 aliphatic heterocycles. The number of thiophene rings is 1. The molecule has 1 atom stereocenters. The summed E-state index contributed by atoms with van der Waals surface area (Å²) in [6.45, 7) is 13.2. The number of rotatable bonds is 8. The Morgan fingerprint density at radius 1 is 1.17 bits per heavy atom. The van der Waals surface area contributed by atoms with Crippen LogP contribution in [0.25, 0.3) is 0 Å². The molecule has 0 amide bonds. The van der Waals surface area contributed by atoms with Gasteiger partial charge in [0.05, 0.1) is 6.54 Å². The van der Waals surface area contributed by atoms with Crippen molar-refractivity contribution in [2.45, 2.75) is 51.4 Å². The highest BCUT2D eigenvalue weighted by Crippen LogP contribution is 2.41. The van der Waals surface area contributed by atoms with Crippen LogP contribution in [0.4, 0.5) is 0 Å². The van der Waals surface area contributed by atoms with E-state index in [1.165, 1.54) is 69.7 Å². The summed E-state index contributed by atoms with van der Waals surface area (Å²) in [5.41, 5.74) is 0.250. The Hall–Kier alpha value is -1.11. The lowest BCUT2D eigenvalue weighted by atomic mass is 9.73. The van der Waals surface area contributed by atoms with Gasteiger partial charge in [-0.3, -0.25) is 4.99 Å². The molecule has 2 fully saturated rings. The summed E-state index contributed by atoms with van der Waals surface area (Å²) in [6, 6.07) is 4.52. The third-order valence-electron chi connectivity index (χ3n) is 6.52. The molecule has 0 spiro atoms. The summed E-state index contributed by atoms with van der Waals surface area (Å²) >= 11 is 1.91. The van der Waals surface area contributed by atoms with Crippen LogP contribution >= 0.6 is 11.3 Å². The second kappa shape index (κ2) is 11.3. The van der Waals surface area contributed by atoms with Crippen LogP contribution in [0, 0.1) is 5.92 Å². The lowest BCUT2D eigenvalue weighted by Crippen LogP contribution is -2.47. The Bertz CT molecular complexity index is 601. The molecule has 0 bridgehead atoms. The van der Waals surface area contributed by atoms with E-state index in [1.807, 2.05) is 11.3 Å². The lowest BCUT2D eigenvalue weighted by Gasteiger charge is -2.35. The first-order valence-electron chi connectivity index (χ1n) is 11.6. The van der Waals surface area contributed by atoms with Crippen LogP contribution in [0.3, 0.4) is 0 Å². The van der Waals surface area contributed by atoms with E-state index in [2.05, 4.69) is 58.8 Å². The van der Waals surface area contributed by atoms with E-state index in [4.69, 9.17) is 4.99 Å². The minimum absolute atomic E-state index is 0.250. The van der Waals surface area contributed by atoms with Crippen molar-refractivity contribution < 1.29 is 0 Å². The minimum Gasteiger partial charge on any atom is -0.357 e. The molecular weight excluding hydrogens is 378 g/mol. The number of likely N-dealkylation sites (N-methyl/N-ethyl adjacent to an activating group) is 1. The van der Waals surface area contributed by atoms with Crippen LogP contribution in [0.15, 0.2) is 22.5 Å². The zero-order chi connectivity index (χ0) is 20.5. The van der Waals surface area contributed by atoms with E-state index in [9.17, 15) is 0 Å². The van der Waals surface area contributed by atoms with E-state index < -0.39 is 0 Å². The molecule has 6 heteroatoms. The molecule has 164 valence electrons. The lowest BCUT2D eigenvalue weighted by molar-refractivity contribution is 0.139. The molecule has 29 heavy (non-hydrogen) atoms. The monoisotopic (exact) mass is 419 g/mol. The molecule has 2 heterocycles. The molecule has 1 saturated heterocycles. The number of hydrogen-bond acceptors (Lipinski definition) is 4. The number of aliphatic imine (C=N–C) groups is 1. The van der Waals surface area contributed by atoms with E-state index in [1.54, 1.807) is 0 Å². The van der Waals surface area contributed by atoms with Gasteiger partial charge in [0.25, 0.3) is 0 Å². The maximum Gasteiger partial charge on any atom is 0.191 e. The van der Waals surface area contributed by atoms with Crippen LogP contribution in [-0.2, 0) is 5.41 Å². The van der Waals surface area contributed by atoms with Gasteiger partial charge in [-0.2, -0.15) is 0 Å². The third-order valence-corrected chi connectivity index (χ3v) is 7.64. The fourth-order valence-corrected chi connectivity index (χ4v) is 5.65. The Balaban J connectivity index is 1.54. The number of guanidine groups is 1. The second-order valence-electron chi connectivity index (χ2n) is 9.10. The summed E-state index contributed by atoms with van der Waals surface area (Å²) in [6.07, 6.45) is 6.59. The maximum atomic E-state index is 5.07. The van der Waals surface area contributed by atoms with E-state index in [0.717, 1.165) is 25.6 Å². The van der Waals surface area contributed by atoms with Crippen LogP contribution in [0.1, 0.15) is 50.8 Å². The average Bonchev–Trinajstić information content (AvgIpc) is 3.28. The van der Waals surface area contributed by atoms with Crippen molar-refractivity contribution in [1.82, 2.24) is 20.4 Å².